The average Bonchev–Trinajstić information content (AvgIpc) is 2.54. The average molecular weight is 606 g/mol. The fourth-order valence-corrected chi connectivity index (χ4v) is 5.25. The molecule has 0 spiro atoms. The predicted octanol–water partition coefficient (Wildman–Crippen LogP) is 4.19. The van der Waals surface area contributed by atoms with Gasteiger partial charge in [-0.25, -0.2) is 8.42 Å². The first kappa shape index (κ1) is 22.7. The van der Waals surface area contributed by atoms with Crippen LogP contribution >= 0.6 is 55.4 Å². The maximum atomic E-state index is 12.4. The number of hydrogen-bond donors (Lipinski definition) is 3. The van der Waals surface area contributed by atoms with Crippen molar-refractivity contribution < 1.29 is 27.6 Å². The minimum absolute atomic E-state index is 0.0715. The SMILES string of the molecule is O=C(Nc1ccc(CP(=O)(O)O)cc1)c1cccc(S(=O)(=O)C(Br)(Br)Br)c1. The first-order valence-electron chi connectivity index (χ1n) is 7.16. The fourth-order valence-electron chi connectivity index (χ4n) is 2.07. The summed E-state index contributed by atoms with van der Waals surface area (Å²) >= 11 is 8.91. The summed E-state index contributed by atoms with van der Waals surface area (Å²) in [6.45, 7) is 0. The molecule has 12 heteroatoms. The maximum absolute atomic E-state index is 12.4. The van der Waals surface area contributed by atoms with E-state index in [9.17, 15) is 17.8 Å². The van der Waals surface area contributed by atoms with Crippen molar-refractivity contribution in [1.82, 2.24) is 0 Å². The Morgan fingerprint density at radius 1 is 1.07 bits per heavy atom. The molecule has 2 rings (SSSR count). The third kappa shape index (κ3) is 6.22. The van der Waals surface area contributed by atoms with Crippen LogP contribution in [-0.2, 0) is 20.6 Å². The molecule has 7 nitrogen and oxygen atoms in total. The number of sulfone groups is 1. The molecular weight excluding hydrogens is 593 g/mol. The Hall–Kier alpha value is -0.550. The van der Waals surface area contributed by atoms with Crippen molar-refractivity contribution in [3.63, 3.8) is 0 Å². The number of hydrogen-bond acceptors (Lipinski definition) is 4. The van der Waals surface area contributed by atoms with Gasteiger partial charge in [-0.2, -0.15) is 0 Å². The molecule has 1 amide bonds. The smallest absolute Gasteiger partial charge is 0.324 e. The van der Waals surface area contributed by atoms with Crippen LogP contribution in [0, 0.1) is 0 Å². The summed E-state index contributed by atoms with van der Waals surface area (Å²) in [6, 6.07) is 11.5. The molecular formula is C15H13Br3NO6PS. The molecule has 0 aromatic heterocycles. The van der Waals surface area contributed by atoms with E-state index in [1.54, 1.807) is 0 Å². The van der Waals surface area contributed by atoms with Crippen LogP contribution in [0.1, 0.15) is 15.9 Å². The lowest BCUT2D eigenvalue weighted by Gasteiger charge is -2.14. The third-order valence-electron chi connectivity index (χ3n) is 3.31. The van der Waals surface area contributed by atoms with Crippen LogP contribution < -0.4 is 5.32 Å². The number of carbonyl (C=O) groups excluding carboxylic acids is 1. The third-order valence-corrected chi connectivity index (χ3v) is 9.41. The zero-order valence-corrected chi connectivity index (χ0v) is 19.8. The van der Waals surface area contributed by atoms with Gasteiger partial charge < -0.3 is 15.1 Å². The molecule has 146 valence electrons. The standard InChI is InChI=1S/C15H13Br3NO6PS/c16-15(17,18)27(24,25)13-3-1-2-11(8-13)14(20)19-12-6-4-10(5-7-12)9-26(21,22)23/h1-8H,9H2,(H,19,20)(H2,21,22,23). The summed E-state index contributed by atoms with van der Waals surface area (Å²) in [5, 5.41) is 2.60. The lowest BCUT2D eigenvalue weighted by Crippen LogP contribution is -2.19. The monoisotopic (exact) mass is 603 g/mol. The fraction of sp³-hybridized carbons (Fsp3) is 0.133. The molecule has 2 aromatic carbocycles. The molecule has 3 N–H and O–H groups in total. The Bertz CT molecular complexity index is 999. The Balaban J connectivity index is 2.20. The van der Waals surface area contributed by atoms with E-state index in [4.69, 9.17) is 9.79 Å². The largest absolute Gasteiger partial charge is 0.329 e. The second-order valence-corrected chi connectivity index (χ2v) is 17.5. The van der Waals surface area contributed by atoms with Crippen molar-refractivity contribution >= 4 is 76.8 Å². The molecule has 0 unspecified atom stereocenters. The number of rotatable bonds is 5. The van der Waals surface area contributed by atoms with E-state index in [0.717, 1.165) is 0 Å². The number of amides is 1. The molecule has 0 bridgehead atoms. The van der Waals surface area contributed by atoms with Crippen LogP contribution in [-0.4, -0.2) is 25.6 Å². The quantitative estimate of drug-likeness (QED) is 0.347. The van der Waals surface area contributed by atoms with Gasteiger partial charge in [0.25, 0.3) is 5.91 Å². The molecule has 0 fully saturated rings. The molecule has 0 aliphatic heterocycles. The van der Waals surface area contributed by atoms with Crippen molar-refractivity contribution in [1.29, 1.82) is 0 Å². The van der Waals surface area contributed by atoms with Gasteiger partial charge in [0.15, 0.2) is 0 Å². The van der Waals surface area contributed by atoms with Crippen molar-refractivity contribution in [2.24, 2.45) is 0 Å². The Kier molecular flexibility index (Phi) is 7.11. The van der Waals surface area contributed by atoms with Crippen LogP contribution in [0.25, 0.3) is 0 Å². The number of alkyl halides is 3. The summed E-state index contributed by atoms with van der Waals surface area (Å²) in [7, 11) is -8.00. The molecule has 0 atom stereocenters. The van der Waals surface area contributed by atoms with Gasteiger partial charge in [-0.15, -0.1) is 0 Å². The molecule has 0 radical (unpaired) electrons. The number of halogens is 3. The molecule has 0 heterocycles. The normalized spacial score (nSPS) is 12.6. The molecule has 2 aromatic rings. The Morgan fingerprint density at radius 3 is 2.19 bits per heavy atom. The van der Waals surface area contributed by atoms with Gasteiger partial charge in [0.05, 0.1) is 11.1 Å². The first-order chi connectivity index (χ1) is 12.3. The second-order valence-electron chi connectivity index (χ2n) is 5.45. The minimum atomic E-state index is -4.17. The van der Waals surface area contributed by atoms with E-state index in [0.29, 0.717) is 11.3 Å². The molecule has 0 saturated carbocycles. The second kappa shape index (κ2) is 8.44. The van der Waals surface area contributed by atoms with Gasteiger partial charge in [-0.05, 0) is 83.7 Å². The summed E-state index contributed by atoms with van der Waals surface area (Å²) in [5.74, 6) is -0.529. The predicted molar refractivity (Wildman–Crippen MR) is 113 cm³/mol. The number of anilines is 1. The maximum Gasteiger partial charge on any atom is 0.329 e. The van der Waals surface area contributed by atoms with Crippen molar-refractivity contribution in [3.8, 4) is 0 Å². The van der Waals surface area contributed by atoms with Gasteiger partial charge in [0, 0.05) is 11.3 Å². The van der Waals surface area contributed by atoms with Crippen LogP contribution in [0.3, 0.4) is 0 Å². The first-order valence-corrected chi connectivity index (χ1v) is 12.8. The lowest BCUT2D eigenvalue weighted by molar-refractivity contribution is 0.102. The van der Waals surface area contributed by atoms with Crippen molar-refractivity contribution in [2.75, 3.05) is 5.32 Å². The topological polar surface area (TPSA) is 121 Å². The summed E-state index contributed by atoms with van der Waals surface area (Å²) < 4.78 is 34.3. The van der Waals surface area contributed by atoms with E-state index in [1.807, 2.05) is 0 Å². The van der Waals surface area contributed by atoms with Crippen LogP contribution in [0.15, 0.2) is 53.4 Å². The number of carbonyl (C=O) groups is 1. The van der Waals surface area contributed by atoms with E-state index in [-0.39, 0.29) is 10.5 Å². The van der Waals surface area contributed by atoms with E-state index < -0.39 is 31.0 Å². The minimum Gasteiger partial charge on any atom is -0.324 e. The van der Waals surface area contributed by atoms with Gasteiger partial charge in [-0.3, -0.25) is 9.36 Å². The highest BCUT2D eigenvalue weighted by Crippen LogP contribution is 2.43. The molecule has 0 saturated heterocycles. The van der Waals surface area contributed by atoms with Crippen LogP contribution in [0.4, 0.5) is 5.69 Å². The molecule has 0 aliphatic carbocycles. The zero-order valence-electron chi connectivity index (χ0n) is 13.3. The summed E-state index contributed by atoms with van der Waals surface area (Å²) in [4.78, 5) is 30.3. The van der Waals surface area contributed by atoms with Crippen LogP contribution in [0.5, 0.6) is 0 Å². The summed E-state index contributed by atoms with van der Waals surface area (Å²) in [6.07, 6.45) is -0.394. The zero-order chi connectivity index (χ0) is 20.5. The van der Waals surface area contributed by atoms with Gasteiger partial charge in [-0.1, -0.05) is 18.2 Å². The van der Waals surface area contributed by atoms with Crippen LogP contribution in [0.2, 0.25) is 0 Å². The van der Waals surface area contributed by atoms with Crippen molar-refractivity contribution in [2.45, 2.75) is 12.5 Å². The highest BCUT2D eigenvalue weighted by atomic mass is 80.0. The highest BCUT2D eigenvalue weighted by molar-refractivity contribution is 9.42. The number of nitrogens with one attached hydrogen (secondary N) is 1. The van der Waals surface area contributed by atoms with Gasteiger partial charge >= 0.3 is 7.60 Å². The van der Waals surface area contributed by atoms with E-state index in [1.165, 1.54) is 48.5 Å². The van der Waals surface area contributed by atoms with Gasteiger partial charge in [0.2, 0.25) is 11.3 Å². The Labute approximate surface area is 181 Å². The lowest BCUT2D eigenvalue weighted by atomic mass is 10.2. The molecule has 27 heavy (non-hydrogen) atoms. The van der Waals surface area contributed by atoms with Crippen molar-refractivity contribution in [3.05, 3.63) is 59.7 Å². The summed E-state index contributed by atoms with van der Waals surface area (Å²) in [5.41, 5.74) is 0.961. The number of benzene rings is 2. The Morgan fingerprint density at radius 2 is 1.67 bits per heavy atom. The van der Waals surface area contributed by atoms with E-state index >= 15 is 0 Å². The highest BCUT2D eigenvalue weighted by Gasteiger charge is 2.37. The van der Waals surface area contributed by atoms with Gasteiger partial charge in [0.1, 0.15) is 0 Å². The van der Waals surface area contributed by atoms with E-state index in [2.05, 4.69) is 53.1 Å². The molecule has 0 aliphatic rings.